The molecule has 4 rings (SSSR count). The summed E-state index contributed by atoms with van der Waals surface area (Å²) in [7, 11) is 0. The van der Waals surface area contributed by atoms with Gasteiger partial charge in [-0.1, -0.05) is 48.5 Å². The van der Waals surface area contributed by atoms with E-state index >= 15 is 0 Å². The van der Waals surface area contributed by atoms with Crippen molar-refractivity contribution in [2.45, 2.75) is 26.8 Å². The maximum Gasteiger partial charge on any atom is 0.252 e. The molecule has 1 atom stereocenters. The molecule has 5 nitrogen and oxygen atoms in total. The molecule has 0 spiro atoms. The first-order chi connectivity index (χ1) is 14.9. The molecule has 0 aliphatic carbocycles. The van der Waals surface area contributed by atoms with E-state index in [1.54, 1.807) is 6.92 Å². The van der Waals surface area contributed by atoms with Gasteiger partial charge in [-0.3, -0.25) is 9.59 Å². The van der Waals surface area contributed by atoms with Crippen molar-refractivity contribution in [3.63, 3.8) is 0 Å². The van der Waals surface area contributed by atoms with Gasteiger partial charge in [-0.2, -0.15) is 0 Å². The summed E-state index contributed by atoms with van der Waals surface area (Å²) in [6, 6.07) is 20.4. The predicted octanol–water partition coefficient (Wildman–Crippen LogP) is 4.31. The van der Waals surface area contributed by atoms with Crippen molar-refractivity contribution in [1.29, 1.82) is 0 Å². The number of hydrogen-bond acceptors (Lipinski definition) is 3. The second-order valence-corrected chi connectivity index (χ2v) is 8.26. The highest BCUT2D eigenvalue weighted by Gasteiger charge is 2.21. The molecule has 1 unspecified atom stereocenters. The summed E-state index contributed by atoms with van der Waals surface area (Å²) in [5, 5.41) is 5.52. The Balaban J connectivity index is 1.52. The summed E-state index contributed by atoms with van der Waals surface area (Å²) in [4.78, 5) is 28.9. The molecule has 2 amide bonds. The van der Waals surface area contributed by atoms with Crippen LogP contribution >= 0.6 is 0 Å². The highest BCUT2D eigenvalue weighted by atomic mass is 16.2. The molecule has 1 fully saturated rings. The van der Waals surface area contributed by atoms with Crippen LogP contribution in [0, 0.1) is 6.92 Å². The van der Waals surface area contributed by atoms with E-state index in [0.717, 1.165) is 35.3 Å². The van der Waals surface area contributed by atoms with Crippen LogP contribution in [0.1, 0.15) is 41.4 Å². The number of carbonyl (C=O) groups excluding carboxylic acids is 2. The standard InChI is InChI=1S/C26H29N3O2/c1-18-11-12-22(29-15-13-28(14-16-29)20(3)30)17-25(18)26(31)27-19(2)23-10-6-8-21-7-4-5-9-24(21)23/h4-12,17,19H,13-16H2,1-3H3,(H,27,31). The summed E-state index contributed by atoms with van der Waals surface area (Å²) in [5.74, 6) is 0.0493. The minimum absolute atomic E-state index is 0.0674. The fraction of sp³-hybridized carbons (Fsp3) is 0.308. The number of anilines is 1. The average Bonchev–Trinajstić information content (AvgIpc) is 2.79. The predicted molar refractivity (Wildman–Crippen MR) is 125 cm³/mol. The van der Waals surface area contributed by atoms with E-state index in [2.05, 4.69) is 40.5 Å². The van der Waals surface area contributed by atoms with E-state index in [4.69, 9.17) is 0 Å². The molecule has 160 valence electrons. The Kier molecular flexibility index (Phi) is 5.94. The number of fused-ring (bicyclic) bond motifs is 1. The Morgan fingerprint density at radius 2 is 1.65 bits per heavy atom. The van der Waals surface area contributed by atoms with Crippen LogP contribution in [0.4, 0.5) is 5.69 Å². The monoisotopic (exact) mass is 415 g/mol. The molecule has 1 heterocycles. The molecule has 1 aliphatic heterocycles. The lowest BCUT2D eigenvalue weighted by atomic mass is 9.99. The fourth-order valence-electron chi connectivity index (χ4n) is 4.31. The van der Waals surface area contributed by atoms with Gasteiger partial charge < -0.3 is 15.1 Å². The third-order valence-electron chi connectivity index (χ3n) is 6.19. The number of carbonyl (C=O) groups is 2. The Bertz CT molecular complexity index is 1110. The quantitative estimate of drug-likeness (QED) is 0.691. The van der Waals surface area contributed by atoms with Crippen molar-refractivity contribution in [3.8, 4) is 0 Å². The van der Waals surface area contributed by atoms with Gasteiger partial charge in [0.05, 0.1) is 6.04 Å². The second-order valence-electron chi connectivity index (χ2n) is 8.26. The number of amides is 2. The number of aryl methyl sites for hydroxylation is 1. The molecule has 0 radical (unpaired) electrons. The van der Waals surface area contributed by atoms with Crippen molar-refractivity contribution in [2.75, 3.05) is 31.1 Å². The van der Waals surface area contributed by atoms with Gasteiger partial charge in [0.2, 0.25) is 5.91 Å². The zero-order valence-electron chi connectivity index (χ0n) is 18.4. The summed E-state index contributed by atoms with van der Waals surface area (Å²) in [6.45, 7) is 8.58. The minimum atomic E-state index is -0.110. The van der Waals surface area contributed by atoms with Crippen LogP contribution < -0.4 is 10.2 Å². The first kappa shape index (κ1) is 20.9. The lowest BCUT2D eigenvalue weighted by Gasteiger charge is -2.35. The Hall–Kier alpha value is -3.34. The van der Waals surface area contributed by atoms with Crippen molar-refractivity contribution in [2.24, 2.45) is 0 Å². The number of nitrogens with one attached hydrogen (secondary N) is 1. The largest absolute Gasteiger partial charge is 0.368 e. The number of hydrogen-bond donors (Lipinski definition) is 1. The van der Waals surface area contributed by atoms with Crippen LogP contribution in [0.25, 0.3) is 10.8 Å². The molecule has 0 bridgehead atoms. The normalized spacial score (nSPS) is 15.1. The van der Waals surface area contributed by atoms with Gasteiger partial charge >= 0.3 is 0 Å². The fourth-order valence-corrected chi connectivity index (χ4v) is 4.31. The van der Waals surface area contributed by atoms with E-state index < -0.39 is 0 Å². The Labute approximate surface area is 183 Å². The zero-order chi connectivity index (χ0) is 22.0. The number of benzene rings is 3. The molecule has 1 N–H and O–H groups in total. The minimum Gasteiger partial charge on any atom is -0.368 e. The van der Waals surface area contributed by atoms with Crippen LogP contribution in [0.3, 0.4) is 0 Å². The molecule has 31 heavy (non-hydrogen) atoms. The number of nitrogens with zero attached hydrogens (tertiary/aromatic N) is 2. The molecule has 1 saturated heterocycles. The summed E-state index contributed by atoms with van der Waals surface area (Å²) in [5.41, 5.74) is 3.78. The van der Waals surface area contributed by atoms with Gasteiger partial charge in [0.25, 0.3) is 5.91 Å². The molecule has 1 aliphatic rings. The first-order valence-electron chi connectivity index (χ1n) is 10.8. The van der Waals surface area contributed by atoms with E-state index in [1.165, 1.54) is 5.39 Å². The van der Waals surface area contributed by atoms with Crippen molar-refractivity contribution in [3.05, 3.63) is 77.4 Å². The smallest absolute Gasteiger partial charge is 0.252 e. The summed E-state index contributed by atoms with van der Waals surface area (Å²) >= 11 is 0. The lowest BCUT2D eigenvalue weighted by molar-refractivity contribution is -0.129. The summed E-state index contributed by atoms with van der Waals surface area (Å²) in [6.07, 6.45) is 0. The Morgan fingerprint density at radius 3 is 2.39 bits per heavy atom. The van der Waals surface area contributed by atoms with Crippen LogP contribution in [0.5, 0.6) is 0 Å². The van der Waals surface area contributed by atoms with Gasteiger partial charge in [0.15, 0.2) is 0 Å². The maximum absolute atomic E-state index is 13.2. The summed E-state index contributed by atoms with van der Waals surface area (Å²) < 4.78 is 0. The van der Waals surface area contributed by atoms with Crippen LogP contribution in [0.2, 0.25) is 0 Å². The zero-order valence-corrected chi connectivity index (χ0v) is 18.4. The molecule has 0 aromatic heterocycles. The van der Waals surface area contributed by atoms with E-state index in [9.17, 15) is 9.59 Å². The maximum atomic E-state index is 13.2. The highest BCUT2D eigenvalue weighted by Crippen LogP contribution is 2.26. The molecule has 0 saturated carbocycles. The van der Waals surface area contributed by atoms with Gasteiger partial charge in [0.1, 0.15) is 0 Å². The number of rotatable bonds is 4. The highest BCUT2D eigenvalue weighted by molar-refractivity contribution is 5.97. The van der Waals surface area contributed by atoms with Crippen molar-refractivity contribution in [1.82, 2.24) is 10.2 Å². The van der Waals surface area contributed by atoms with Crippen LogP contribution in [-0.2, 0) is 4.79 Å². The van der Waals surface area contributed by atoms with Gasteiger partial charge in [-0.15, -0.1) is 0 Å². The van der Waals surface area contributed by atoms with Crippen molar-refractivity contribution < 1.29 is 9.59 Å². The van der Waals surface area contributed by atoms with E-state index in [-0.39, 0.29) is 17.9 Å². The van der Waals surface area contributed by atoms with Crippen LogP contribution in [-0.4, -0.2) is 42.9 Å². The third kappa shape index (κ3) is 4.41. The second kappa shape index (κ2) is 8.80. The van der Waals surface area contributed by atoms with Crippen molar-refractivity contribution >= 4 is 28.3 Å². The van der Waals surface area contributed by atoms with Gasteiger partial charge in [0, 0.05) is 44.4 Å². The lowest BCUT2D eigenvalue weighted by Crippen LogP contribution is -2.48. The van der Waals surface area contributed by atoms with Gasteiger partial charge in [-0.05, 0) is 47.9 Å². The average molecular weight is 416 g/mol. The first-order valence-corrected chi connectivity index (χ1v) is 10.8. The molecule has 5 heteroatoms. The molecule has 3 aromatic rings. The molecule has 3 aromatic carbocycles. The van der Waals surface area contributed by atoms with Gasteiger partial charge in [-0.25, -0.2) is 0 Å². The Morgan fingerprint density at radius 1 is 0.935 bits per heavy atom. The number of piperazine rings is 1. The SMILES string of the molecule is CC(=O)N1CCN(c2ccc(C)c(C(=O)NC(C)c3cccc4ccccc34)c2)CC1. The topological polar surface area (TPSA) is 52.7 Å². The van der Waals surface area contributed by atoms with E-state index in [1.807, 2.05) is 49.1 Å². The van der Waals surface area contributed by atoms with Crippen LogP contribution in [0.15, 0.2) is 60.7 Å². The van der Waals surface area contributed by atoms with E-state index in [0.29, 0.717) is 18.7 Å². The molecular formula is C26H29N3O2. The third-order valence-corrected chi connectivity index (χ3v) is 6.19. The molecular weight excluding hydrogens is 386 g/mol.